The predicted molar refractivity (Wildman–Crippen MR) is 72.9 cm³/mol. The molecule has 2 rings (SSSR count). The van der Waals surface area contributed by atoms with Gasteiger partial charge in [0.25, 0.3) is 0 Å². The fraction of sp³-hybridized carbons (Fsp3) is 0.400. The van der Waals surface area contributed by atoms with Crippen molar-refractivity contribution >= 4 is 0 Å². The van der Waals surface area contributed by atoms with E-state index in [1.807, 2.05) is 30.3 Å². The summed E-state index contributed by atoms with van der Waals surface area (Å²) in [6.45, 7) is 5.75. The molecule has 0 radical (unpaired) electrons. The first-order chi connectivity index (χ1) is 8.83. The van der Waals surface area contributed by atoms with E-state index >= 15 is 0 Å². The molecular weight excluding hydrogens is 224 g/mol. The number of hydrogen-bond donors (Lipinski definition) is 0. The van der Waals surface area contributed by atoms with Crippen molar-refractivity contribution in [2.45, 2.75) is 33.2 Å². The molecule has 0 amide bonds. The van der Waals surface area contributed by atoms with Crippen molar-refractivity contribution in [3.05, 3.63) is 47.8 Å². The molecule has 0 bridgehead atoms. The molecule has 0 spiro atoms. The second kappa shape index (κ2) is 6.24. The van der Waals surface area contributed by atoms with Gasteiger partial charge in [-0.15, -0.1) is 0 Å². The van der Waals surface area contributed by atoms with Gasteiger partial charge < -0.3 is 4.74 Å². The van der Waals surface area contributed by atoms with Gasteiger partial charge in [-0.05, 0) is 31.0 Å². The van der Waals surface area contributed by atoms with Gasteiger partial charge in [-0.3, -0.25) is 4.68 Å². The molecule has 0 saturated heterocycles. The van der Waals surface area contributed by atoms with Crippen molar-refractivity contribution in [2.75, 3.05) is 6.61 Å². The van der Waals surface area contributed by atoms with Crippen LogP contribution in [0.5, 0.6) is 5.75 Å². The number of aryl methyl sites for hydroxylation is 2. The van der Waals surface area contributed by atoms with Crippen LogP contribution in [0.2, 0.25) is 0 Å². The smallest absolute Gasteiger partial charge is 0.119 e. The Morgan fingerprint density at radius 1 is 1.11 bits per heavy atom. The third-order valence-electron chi connectivity index (χ3n) is 2.95. The molecule has 1 aromatic heterocycles. The van der Waals surface area contributed by atoms with Crippen LogP contribution in [0.4, 0.5) is 0 Å². The van der Waals surface area contributed by atoms with Crippen LogP contribution in [0.15, 0.2) is 36.4 Å². The summed E-state index contributed by atoms with van der Waals surface area (Å²) in [4.78, 5) is 0. The minimum absolute atomic E-state index is 0.655. The fourth-order valence-electron chi connectivity index (χ4n) is 1.93. The van der Waals surface area contributed by atoms with Crippen molar-refractivity contribution in [3.8, 4) is 5.75 Å². The molecule has 0 fully saturated rings. The SMILES string of the molecule is CCc1cc(CC)n(CCOc2ccccc2)n1. The number of aromatic nitrogens is 2. The maximum absolute atomic E-state index is 5.69. The predicted octanol–water partition coefficient (Wildman–Crippen LogP) is 3.09. The highest BCUT2D eigenvalue weighted by Gasteiger charge is 2.04. The summed E-state index contributed by atoms with van der Waals surface area (Å²) in [6.07, 6.45) is 2.00. The van der Waals surface area contributed by atoms with Gasteiger partial charge in [-0.2, -0.15) is 5.10 Å². The Bertz CT molecular complexity index is 476. The Balaban J connectivity index is 1.92. The van der Waals surface area contributed by atoms with Gasteiger partial charge in [0, 0.05) is 5.69 Å². The molecule has 1 aromatic carbocycles. The lowest BCUT2D eigenvalue weighted by Crippen LogP contribution is -2.12. The largest absolute Gasteiger partial charge is 0.492 e. The molecule has 1 heterocycles. The van der Waals surface area contributed by atoms with Gasteiger partial charge >= 0.3 is 0 Å². The zero-order chi connectivity index (χ0) is 12.8. The van der Waals surface area contributed by atoms with E-state index in [0.717, 1.165) is 30.8 Å². The van der Waals surface area contributed by atoms with Crippen LogP contribution >= 0.6 is 0 Å². The van der Waals surface area contributed by atoms with E-state index in [1.54, 1.807) is 0 Å². The van der Waals surface area contributed by atoms with Gasteiger partial charge in [0.2, 0.25) is 0 Å². The Kier molecular flexibility index (Phi) is 4.40. The van der Waals surface area contributed by atoms with E-state index < -0.39 is 0 Å². The van der Waals surface area contributed by atoms with Gasteiger partial charge in [-0.1, -0.05) is 32.0 Å². The number of benzene rings is 1. The Hall–Kier alpha value is -1.77. The van der Waals surface area contributed by atoms with Gasteiger partial charge in [0.1, 0.15) is 12.4 Å². The molecule has 2 aromatic rings. The second-order valence-electron chi connectivity index (χ2n) is 4.22. The van der Waals surface area contributed by atoms with Crippen LogP contribution in [0, 0.1) is 0 Å². The molecule has 96 valence electrons. The van der Waals surface area contributed by atoms with E-state index in [4.69, 9.17) is 4.74 Å². The number of para-hydroxylation sites is 1. The molecule has 0 unspecified atom stereocenters. The Morgan fingerprint density at radius 3 is 2.56 bits per heavy atom. The normalized spacial score (nSPS) is 10.6. The maximum Gasteiger partial charge on any atom is 0.119 e. The van der Waals surface area contributed by atoms with Crippen LogP contribution in [0.3, 0.4) is 0 Å². The van der Waals surface area contributed by atoms with Crippen LogP contribution in [-0.4, -0.2) is 16.4 Å². The average molecular weight is 244 g/mol. The lowest BCUT2D eigenvalue weighted by Gasteiger charge is -2.08. The molecule has 0 saturated carbocycles. The Morgan fingerprint density at radius 2 is 1.89 bits per heavy atom. The number of rotatable bonds is 6. The lowest BCUT2D eigenvalue weighted by atomic mass is 10.3. The number of ether oxygens (including phenoxy) is 1. The minimum atomic E-state index is 0.655. The van der Waals surface area contributed by atoms with Crippen molar-refractivity contribution in [1.29, 1.82) is 0 Å². The molecule has 0 aliphatic carbocycles. The fourth-order valence-corrected chi connectivity index (χ4v) is 1.93. The van der Waals surface area contributed by atoms with Crippen molar-refractivity contribution in [3.63, 3.8) is 0 Å². The quantitative estimate of drug-likeness (QED) is 0.780. The van der Waals surface area contributed by atoms with Crippen LogP contribution in [0.1, 0.15) is 25.2 Å². The molecule has 3 heteroatoms. The standard InChI is InChI=1S/C15H20N2O/c1-3-13-12-14(4-2)17(16-13)10-11-18-15-8-6-5-7-9-15/h5-9,12H,3-4,10-11H2,1-2H3. The number of nitrogens with zero attached hydrogens (tertiary/aromatic N) is 2. The van der Waals surface area contributed by atoms with Gasteiger partial charge in [0.05, 0.1) is 12.2 Å². The van der Waals surface area contributed by atoms with E-state index in [2.05, 4.69) is 29.7 Å². The highest BCUT2D eigenvalue weighted by atomic mass is 16.5. The van der Waals surface area contributed by atoms with Crippen LogP contribution in [0.25, 0.3) is 0 Å². The molecular formula is C15H20N2O. The van der Waals surface area contributed by atoms with E-state index in [1.165, 1.54) is 5.69 Å². The third-order valence-corrected chi connectivity index (χ3v) is 2.95. The number of hydrogen-bond acceptors (Lipinski definition) is 2. The summed E-state index contributed by atoms with van der Waals surface area (Å²) in [5.41, 5.74) is 2.44. The molecule has 18 heavy (non-hydrogen) atoms. The molecule has 0 atom stereocenters. The highest BCUT2D eigenvalue weighted by molar-refractivity contribution is 5.20. The van der Waals surface area contributed by atoms with Crippen molar-refractivity contribution < 1.29 is 4.74 Å². The molecule has 0 aliphatic rings. The van der Waals surface area contributed by atoms with Crippen LogP contribution < -0.4 is 4.74 Å². The summed E-state index contributed by atoms with van der Waals surface area (Å²) in [6, 6.07) is 12.1. The molecule has 3 nitrogen and oxygen atoms in total. The van der Waals surface area contributed by atoms with E-state index in [9.17, 15) is 0 Å². The van der Waals surface area contributed by atoms with Crippen molar-refractivity contribution in [2.24, 2.45) is 0 Å². The first kappa shape index (κ1) is 12.7. The summed E-state index contributed by atoms with van der Waals surface area (Å²) >= 11 is 0. The minimum Gasteiger partial charge on any atom is -0.492 e. The van der Waals surface area contributed by atoms with E-state index in [0.29, 0.717) is 6.61 Å². The average Bonchev–Trinajstić information content (AvgIpc) is 2.82. The second-order valence-corrected chi connectivity index (χ2v) is 4.22. The van der Waals surface area contributed by atoms with Gasteiger partial charge in [-0.25, -0.2) is 0 Å². The van der Waals surface area contributed by atoms with Gasteiger partial charge in [0.15, 0.2) is 0 Å². The van der Waals surface area contributed by atoms with E-state index in [-0.39, 0.29) is 0 Å². The first-order valence-corrected chi connectivity index (χ1v) is 6.57. The zero-order valence-corrected chi connectivity index (χ0v) is 11.1. The van der Waals surface area contributed by atoms with Crippen molar-refractivity contribution in [1.82, 2.24) is 9.78 Å². The summed E-state index contributed by atoms with van der Waals surface area (Å²) in [5.74, 6) is 0.915. The van der Waals surface area contributed by atoms with Crippen LogP contribution in [-0.2, 0) is 19.4 Å². The lowest BCUT2D eigenvalue weighted by molar-refractivity contribution is 0.289. The zero-order valence-electron chi connectivity index (χ0n) is 11.1. The summed E-state index contributed by atoms with van der Waals surface area (Å²) < 4.78 is 7.75. The Labute approximate surface area is 108 Å². The summed E-state index contributed by atoms with van der Waals surface area (Å²) in [5, 5.41) is 4.57. The highest BCUT2D eigenvalue weighted by Crippen LogP contribution is 2.09. The molecule has 0 aliphatic heterocycles. The first-order valence-electron chi connectivity index (χ1n) is 6.57. The third kappa shape index (κ3) is 3.13. The topological polar surface area (TPSA) is 27.1 Å². The summed E-state index contributed by atoms with van der Waals surface area (Å²) in [7, 11) is 0. The monoisotopic (exact) mass is 244 g/mol. The maximum atomic E-state index is 5.69. The molecule has 0 N–H and O–H groups in total.